The second-order valence-corrected chi connectivity index (χ2v) is 3.35. The molecule has 1 fully saturated rings. The summed E-state index contributed by atoms with van der Waals surface area (Å²) < 4.78 is 0. The van der Waals surface area contributed by atoms with Crippen molar-refractivity contribution in [3.8, 4) is 0 Å². The van der Waals surface area contributed by atoms with Crippen molar-refractivity contribution in [1.82, 2.24) is 0 Å². The molecule has 1 aliphatic carbocycles. The van der Waals surface area contributed by atoms with Crippen LogP contribution in [0.3, 0.4) is 0 Å². The Hall–Kier alpha value is -0.330. The summed E-state index contributed by atoms with van der Waals surface area (Å²) in [5, 5.41) is 0. The van der Waals surface area contributed by atoms with E-state index in [1.54, 1.807) is 0 Å². The van der Waals surface area contributed by atoms with E-state index < -0.39 is 0 Å². The molecule has 0 spiro atoms. The summed E-state index contributed by atoms with van der Waals surface area (Å²) in [6.07, 6.45) is 6.67. The average molecular weight is 139 g/mol. The number of aliphatic imine (C=N–C) groups is 1. The van der Waals surface area contributed by atoms with E-state index in [1.165, 1.54) is 37.8 Å². The van der Waals surface area contributed by atoms with Gasteiger partial charge in [0.1, 0.15) is 0 Å². The molecule has 0 radical (unpaired) electrons. The summed E-state index contributed by atoms with van der Waals surface area (Å²) in [6.45, 7) is 4.31. The third-order valence-corrected chi connectivity index (χ3v) is 1.87. The Morgan fingerprint density at radius 1 is 1.10 bits per heavy atom. The minimum Gasteiger partial charge on any atom is -0.291 e. The lowest BCUT2D eigenvalue weighted by atomic mass is 9.98. The van der Waals surface area contributed by atoms with Crippen molar-refractivity contribution in [2.75, 3.05) is 0 Å². The number of rotatable bonds is 1. The van der Waals surface area contributed by atoms with Crippen molar-refractivity contribution in [1.29, 1.82) is 0 Å². The van der Waals surface area contributed by atoms with E-state index in [9.17, 15) is 0 Å². The molecular weight excluding hydrogens is 122 g/mol. The minimum absolute atomic E-state index is 0.507. The van der Waals surface area contributed by atoms with Gasteiger partial charge in [-0.2, -0.15) is 0 Å². The SMILES string of the molecule is CC(C)N=C1CCCCC1. The van der Waals surface area contributed by atoms with E-state index in [1.807, 2.05) is 0 Å². The summed E-state index contributed by atoms with van der Waals surface area (Å²) in [7, 11) is 0. The molecule has 0 unspecified atom stereocenters. The van der Waals surface area contributed by atoms with Crippen molar-refractivity contribution in [2.24, 2.45) is 4.99 Å². The molecule has 58 valence electrons. The quantitative estimate of drug-likeness (QED) is 0.529. The first kappa shape index (κ1) is 7.77. The molecule has 1 heteroatoms. The highest BCUT2D eigenvalue weighted by atomic mass is 14.8. The molecule has 0 amide bonds. The smallest absolute Gasteiger partial charge is 0.0442 e. The first-order chi connectivity index (χ1) is 4.79. The first-order valence-electron chi connectivity index (χ1n) is 4.34. The van der Waals surface area contributed by atoms with E-state index in [0.29, 0.717) is 6.04 Å². The van der Waals surface area contributed by atoms with Gasteiger partial charge >= 0.3 is 0 Å². The maximum absolute atomic E-state index is 4.55. The molecule has 1 saturated carbocycles. The highest BCUT2D eigenvalue weighted by molar-refractivity contribution is 5.85. The molecule has 1 rings (SSSR count). The Morgan fingerprint density at radius 3 is 2.20 bits per heavy atom. The zero-order valence-electron chi connectivity index (χ0n) is 7.06. The lowest BCUT2D eigenvalue weighted by Gasteiger charge is -2.13. The van der Waals surface area contributed by atoms with Crippen LogP contribution < -0.4 is 0 Å². The lowest BCUT2D eigenvalue weighted by molar-refractivity contribution is 0.656. The Morgan fingerprint density at radius 2 is 1.70 bits per heavy atom. The van der Waals surface area contributed by atoms with E-state index in [-0.39, 0.29) is 0 Å². The van der Waals surface area contributed by atoms with Crippen molar-refractivity contribution in [3.63, 3.8) is 0 Å². The molecule has 0 aromatic carbocycles. The summed E-state index contributed by atoms with van der Waals surface area (Å²) in [6, 6.07) is 0.507. The normalized spacial score (nSPS) is 19.7. The second-order valence-electron chi connectivity index (χ2n) is 3.35. The van der Waals surface area contributed by atoms with Gasteiger partial charge in [-0.05, 0) is 39.5 Å². The van der Waals surface area contributed by atoms with Gasteiger partial charge in [-0.1, -0.05) is 6.42 Å². The number of hydrogen-bond acceptors (Lipinski definition) is 1. The maximum Gasteiger partial charge on any atom is 0.0442 e. The Kier molecular flexibility index (Phi) is 2.91. The fourth-order valence-corrected chi connectivity index (χ4v) is 1.45. The standard InChI is InChI=1S/C9H17N/c1-8(2)10-9-6-4-3-5-7-9/h8H,3-7H2,1-2H3. The molecule has 0 saturated heterocycles. The monoisotopic (exact) mass is 139 g/mol. The van der Waals surface area contributed by atoms with Crippen LogP contribution in [0.4, 0.5) is 0 Å². The van der Waals surface area contributed by atoms with Gasteiger partial charge in [-0.25, -0.2) is 0 Å². The van der Waals surface area contributed by atoms with E-state index in [2.05, 4.69) is 18.8 Å². The van der Waals surface area contributed by atoms with E-state index in [4.69, 9.17) is 0 Å². The fraction of sp³-hybridized carbons (Fsp3) is 0.889. The third kappa shape index (κ3) is 2.51. The average Bonchev–Trinajstić information content (AvgIpc) is 1.88. The van der Waals surface area contributed by atoms with Crippen LogP contribution in [0.25, 0.3) is 0 Å². The van der Waals surface area contributed by atoms with Gasteiger partial charge in [0.2, 0.25) is 0 Å². The topological polar surface area (TPSA) is 12.4 Å². The van der Waals surface area contributed by atoms with Crippen molar-refractivity contribution < 1.29 is 0 Å². The van der Waals surface area contributed by atoms with Crippen LogP contribution in [-0.4, -0.2) is 11.8 Å². The zero-order chi connectivity index (χ0) is 7.40. The van der Waals surface area contributed by atoms with Crippen LogP contribution in [0.2, 0.25) is 0 Å². The Bertz CT molecular complexity index is 117. The molecule has 0 heterocycles. The summed E-state index contributed by atoms with van der Waals surface area (Å²) in [5.41, 5.74) is 1.46. The number of hydrogen-bond donors (Lipinski definition) is 0. The third-order valence-electron chi connectivity index (χ3n) is 1.87. The molecule has 10 heavy (non-hydrogen) atoms. The first-order valence-corrected chi connectivity index (χ1v) is 4.34. The molecule has 0 aromatic heterocycles. The van der Waals surface area contributed by atoms with Crippen molar-refractivity contribution in [3.05, 3.63) is 0 Å². The highest BCUT2D eigenvalue weighted by Crippen LogP contribution is 2.15. The highest BCUT2D eigenvalue weighted by Gasteiger charge is 2.06. The molecule has 0 bridgehead atoms. The van der Waals surface area contributed by atoms with Gasteiger partial charge in [0.25, 0.3) is 0 Å². The van der Waals surface area contributed by atoms with E-state index in [0.717, 1.165) is 0 Å². The molecule has 1 aliphatic rings. The molecule has 0 atom stereocenters. The van der Waals surface area contributed by atoms with Crippen molar-refractivity contribution >= 4 is 5.71 Å². The van der Waals surface area contributed by atoms with Crippen LogP contribution >= 0.6 is 0 Å². The van der Waals surface area contributed by atoms with Gasteiger partial charge in [0.15, 0.2) is 0 Å². The van der Waals surface area contributed by atoms with Gasteiger partial charge in [0.05, 0.1) is 0 Å². The Labute approximate surface area is 63.5 Å². The van der Waals surface area contributed by atoms with Crippen molar-refractivity contribution in [2.45, 2.75) is 52.0 Å². The summed E-state index contributed by atoms with van der Waals surface area (Å²) in [4.78, 5) is 4.55. The fourth-order valence-electron chi connectivity index (χ4n) is 1.45. The second kappa shape index (κ2) is 3.75. The predicted molar refractivity (Wildman–Crippen MR) is 45.7 cm³/mol. The summed E-state index contributed by atoms with van der Waals surface area (Å²) in [5.74, 6) is 0. The molecule has 1 nitrogen and oxygen atoms in total. The van der Waals surface area contributed by atoms with Gasteiger partial charge < -0.3 is 0 Å². The predicted octanol–water partition coefficient (Wildman–Crippen LogP) is 2.80. The summed E-state index contributed by atoms with van der Waals surface area (Å²) >= 11 is 0. The molecule has 0 aromatic rings. The maximum atomic E-state index is 4.55. The van der Waals surface area contributed by atoms with Crippen LogP contribution in [0, 0.1) is 0 Å². The van der Waals surface area contributed by atoms with Crippen LogP contribution in [0.15, 0.2) is 4.99 Å². The zero-order valence-corrected chi connectivity index (χ0v) is 7.06. The molecule has 0 aliphatic heterocycles. The van der Waals surface area contributed by atoms with Crippen LogP contribution in [0.1, 0.15) is 46.0 Å². The van der Waals surface area contributed by atoms with Gasteiger partial charge in [0, 0.05) is 11.8 Å². The van der Waals surface area contributed by atoms with Gasteiger partial charge in [-0.3, -0.25) is 4.99 Å². The minimum atomic E-state index is 0.507. The van der Waals surface area contributed by atoms with Crippen LogP contribution in [0.5, 0.6) is 0 Å². The molecule has 0 N–H and O–H groups in total. The largest absolute Gasteiger partial charge is 0.291 e. The molecular formula is C9H17N. The lowest BCUT2D eigenvalue weighted by Crippen LogP contribution is -2.07. The number of nitrogens with zero attached hydrogens (tertiary/aromatic N) is 1. The Balaban J connectivity index is 2.37. The van der Waals surface area contributed by atoms with E-state index >= 15 is 0 Å². The van der Waals surface area contributed by atoms with Crippen LogP contribution in [-0.2, 0) is 0 Å². The van der Waals surface area contributed by atoms with Gasteiger partial charge in [-0.15, -0.1) is 0 Å².